The Bertz CT molecular complexity index is 621. The van der Waals surface area contributed by atoms with Crippen molar-refractivity contribution in [2.45, 2.75) is 25.8 Å². The number of halogens is 1. The van der Waals surface area contributed by atoms with Gasteiger partial charge in [0.25, 0.3) is 0 Å². The Morgan fingerprint density at radius 2 is 2.25 bits per heavy atom. The average Bonchev–Trinajstić information content (AvgIpc) is 3.04. The molecule has 1 atom stereocenters. The highest BCUT2D eigenvalue weighted by atomic mass is 79.9. The van der Waals surface area contributed by atoms with Crippen LogP contribution in [-0.4, -0.2) is 13.7 Å². The summed E-state index contributed by atoms with van der Waals surface area (Å²) in [5, 5.41) is 3.37. The molecule has 0 fully saturated rings. The number of hydrogen-bond acceptors (Lipinski definition) is 3. The molecule has 1 unspecified atom stereocenters. The third kappa shape index (κ3) is 2.50. The van der Waals surface area contributed by atoms with Crippen LogP contribution in [0.4, 0.5) is 0 Å². The monoisotopic (exact) mass is 335 g/mol. The topological polar surface area (TPSA) is 34.4 Å². The van der Waals surface area contributed by atoms with Crippen molar-refractivity contribution in [3.05, 3.63) is 51.4 Å². The molecule has 1 aliphatic heterocycles. The molecule has 4 heteroatoms. The first kappa shape index (κ1) is 13.7. The number of likely N-dealkylation sites (N-methyl/N-ethyl adjacent to an activating group) is 1. The number of aryl methyl sites for hydroxylation is 1. The van der Waals surface area contributed by atoms with E-state index in [1.165, 1.54) is 16.7 Å². The van der Waals surface area contributed by atoms with Gasteiger partial charge in [0.05, 0.1) is 12.9 Å². The molecule has 0 saturated heterocycles. The van der Waals surface area contributed by atoms with E-state index in [0.29, 0.717) is 0 Å². The fourth-order valence-corrected chi connectivity index (χ4v) is 3.39. The lowest BCUT2D eigenvalue weighted by molar-refractivity contribution is 0.352. The molecule has 1 aromatic carbocycles. The first-order chi connectivity index (χ1) is 9.69. The summed E-state index contributed by atoms with van der Waals surface area (Å²) in [6.07, 6.45) is 3.63. The highest BCUT2D eigenvalue weighted by molar-refractivity contribution is 9.10. The summed E-state index contributed by atoms with van der Waals surface area (Å²) >= 11 is 3.60. The minimum Gasteiger partial charge on any atom is -0.493 e. The van der Waals surface area contributed by atoms with Gasteiger partial charge in [-0.05, 0) is 49.7 Å². The van der Waals surface area contributed by atoms with E-state index in [1.807, 2.05) is 20.0 Å². The Labute approximate surface area is 127 Å². The molecular weight excluding hydrogens is 318 g/mol. The average molecular weight is 336 g/mol. The third-order valence-electron chi connectivity index (χ3n) is 3.87. The predicted octanol–water partition coefficient (Wildman–Crippen LogP) is 3.79. The van der Waals surface area contributed by atoms with Gasteiger partial charge in [-0.25, -0.2) is 0 Å². The van der Waals surface area contributed by atoms with Gasteiger partial charge in [0.15, 0.2) is 0 Å². The van der Waals surface area contributed by atoms with Gasteiger partial charge in [0.1, 0.15) is 11.5 Å². The molecule has 3 rings (SSSR count). The molecule has 1 N–H and O–H groups in total. The lowest BCUT2D eigenvalue weighted by Gasteiger charge is -2.18. The summed E-state index contributed by atoms with van der Waals surface area (Å²) in [5.41, 5.74) is 3.75. The maximum atomic E-state index is 5.81. The highest BCUT2D eigenvalue weighted by Gasteiger charge is 2.21. The smallest absolute Gasteiger partial charge is 0.125 e. The van der Waals surface area contributed by atoms with Crippen LogP contribution in [0.3, 0.4) is 0 Å². The minimum atomic E-state index is 0.233. The van der Waals surface area contributed by atoms with Crippen LogP contribution in [0.25, 0.3) is 0 Å². The highest BCUT2D eigenvalue weighted by Crippen LogP contribution is 2.35. The largest absolute Gasteiger partial charge is 0.493 e. The van der Waals surface area contributed by atoms with Gasteiger partial charge in [-0.2, -0.15) is 0 Å². The zero-order valence-corrected chi connectivity index (χ0v) is 13.3. The molecule has 1 aromatic heterocycles. The maximum absolute atomic E-state index is 5.81. The molecule has 0 aliphatic carbocycles. The molecule has 0 bridgehead atoms. The van der Waals surface area contributed by atoms with Crippen LogP contribution in [0.15, 0.2) is 33.4 Å². The van der Waals surface area contributed by atoms with Crippen LogP contribution in [-0.2, 0) is 12.8 Å². The van der Waals surface area contributed by atoms with Crippen molar-refractivity contribution >= 4 is 15.9 Å². The summed E-state index contributed by atoms with van der Waals surface area (Å²) in [6.45, 7) is 2.79. The minimum absolute atomic E-state index is 0.233. The predicted molar refractivity (Wildman–Crippen MR) is 82.3 cm³/mol. The second-order valence-electron chi connectivity index (χ2n) is 5.13. The van der Waals surface area contributed by atoms with Crippen molar-refractivity contribution in [1.82, 2.24) is 5.32 Å². The standard InChI is InChI=1S/C16H18BrNO2/c1-10-14(4-6-19-10)15(18-2)9-12-8-13(17)7-11-3-5-20-16(11)12/h4,6-8,15,18H,3,5,9H2,1-2H3. The second kappa shape index (κ2) is 5.62. The molecule has 1 aliphatic rings. The van der Waals surface area contributed by atoms with Gasteiger partial charge in [0, 0.05) is 22.5 Å². The van der Waals surface area contributed by atoms with E-state index >= 15 is 0 Å². The van der Waals surface area contributed by atoms with E-state index in [1.54, 1.807) is 6.26 Å². The Hall–Kier alpha value is -1.26. The summed E-state index contributed by atoms with van der Waals surface area (Å²) in [5.74, 6) is 2.03. The summed E-state index contributed by atoms with van der Waals surface area (Å²) in [6, 6.07) is 6.58. The van der Waals surface area contributed by atoms with Gasteiger partial charge >= 0.3 is 0 Å². The van der Waals surface area contributed by atoms with Gasteiger partial charge in [0.2, 0.25) is 0 Å². The second-order valence-corrected chi connectivity index (χ2v) is 6.04. The van der Waals surface area contributed by atoms with Crippen LogP contribution in [0, 0.1) is 6.92 Å². The Morgan fingerprint density at radius 1 is 1.40 bits per heavy atom. The Balaban J connectivity index is 1.92. The molecule has 2 aromatic rings. The molecule has 0 saturated carbocycles. The van der Waals surface area contributed by atoms with Crippen molar-refractivity contribution in [1.29, 1.82) is 0 Å². The molecule has 0 spiro atoms. The van der Waals surface area contributed by atoms with Gasteiger partial charge in [-0.3, -0.25) is 0 Å². The van der Waals surface area contributed by atoms with E-state index in [2.05, 4.69) is 33.4 Å². The van der Waals surface area contributed by atoms with E-state index in [4.69, 9.17) is 9.15 Å². The molecule has 2 heterocycles. The van der Waals surface area contributed by atoms with Crippen molar-refractivity contribution in [2.24, 2.45) is 0 Å². The van der Waals surface area contributed by atoms with E-state index < -0.39 is 0 Å². The number of fused-ring (bicyclic) bond motifs is 1. The number of nitrogens with one attached hydrogen (secondary N) is 1. The molecular formula is C16H18BrNO2. The van der Waals surface area contributed by atoms with Crippen molar-refractivity contribution < 1.29 is 9.15 Å². The number of hydrogen-bond donors (Lipinski definition) is 1. The van der Waals surface area contributed by atoms with Crippen molar-refractivity contribution in [3.8, 4) is 5.75 Å². The number of furan rings is 1. The first-order valence-electron chi connectivity index (χ1n) is 6.84. The summed E-state index contributed by atoms with van der Waals surface area (Å²) < 4.78 is 12.3. The van der Waals surface area contributed by atoms with Crippen LogP contribution in [0.1, 0.15) is 28.5 Å². The lowest BCUT2D eigenvalue weighted by Crippen LogP contribution is -2.19. The third-order valence-corrected chi connectivity index (χ3v) is 4.33. The number of ether oxygens (including phenoxy) is 1. The van der Waals surface area contributed by atoms with E-state index in [0.717, 1.165) is 35.4 Å². The lowest BCUT2D eigenvalue weighted by atomic mass is 9.97. The fourth-order valence-electron chi connectivity index (χ4n) is 2.84. The molecule has 0 amide bonds. The fraction of sp³-hybridized carbons (Fsp3) is 0.375. The number of benzene rings is 1. The van der Waals surface area contributed by atoms with Gasteiger partial charge in [-0.1, -0.05) is 15.9 Å². The Morgan fingerprint density at radius 3 is 2.95 bits per heavy atom. The molecule has 106 valence electrons. The first-order valence-corrected chi connectivity index (χ1v) is 7.63. The molecule has 0 radical (unpaired) electrons. The number of rotatable bonds is 4. The van der Waals surface area contributed by atoms with Gasteiger partial charge in [-0.15, -0.1) is 0 Å². The van der Waals surface area contributed by atoms with Crippen LogP contribution in [0.2, 0.25) is 0 Å². The van der Waals surface area contributed by atoms with E-state index in [9.17, 15) is 0 Å². The summed E-state index contributed by atoms with van der Waals surface area (Å²) in [4.78, 5) is 0. The van der Waals surface area contributed by atoms with Crippen molar-refractivity contribution in [2.75, 3.05) is 13.7 Å². The zero-order chi connectivity index (χ0) is 14.1. The zero-order valence-electron chi connectivity index (χ0n) is 11.7. The van der Waals surface area contributed by atoms with Crippen molar-refractivity contribution in [3.63, 3.8) is 0 Å². The van der Waals surface area contributed by atoms with E-state index in [-0.39, 0.29) is 6.04 Å². The van der Waals surface area contributed by atoms with Gasteiger partial charge < -0.3 is 14.5 Å². The Kier molecular flexibility index (Phi) is 3.85. The maximum Gasteiger partial charge on any atom is 0.125 e. The molecule has 3 nitrogen and oxygen atoms in total. The summed E-state index contributed by atoms with van der Waals surface area (Å²) in [7, 11) is 1.98. The quantitative estimate of drug-likeness (QED) is 0.923. The SMILES string of the molecule is CNC(Cc1cc(Br)cc2c1OCC2)c1ccoc1C. The normalized spacial score (nSPS) is 14.9. The molecule has 20 heavy (non-hydrogen) atoms. The van der Waals surface area contributed by atoms with Crippen LogP contribution >= 0.6 is 15.9 Å². The van der Waals surface area contributed by atoms with Crippen LogP contribution < -0.4 is 10.1 Å². The van der Waals surface area contributed by atoms with Crippen LogP contribution in [0.5, 0.6) is 5.75 Å².